The monoisotopic (exact) mass is 385 g/mol. The number of halogens is 1. The van der Waals surface area contributed by atoms with Gasteiger partial charge in [0.15, 0.2) is 0 Å². The molecule has 1 N–H and O–H groups in total. The fraction of sp³-hybridized carbons (Fsp3) is 0.200. The summed E-state index contributed by atoms with van der Waals surface area (Å²) < 4.78 is 6.48. The van der Waals surface area contributed by atoms with Crippen molar-refractivity contribution in [1.82, 2.24) is 4.90 Å². The van der Waals surface area contributed by atoms with Crippen LogP contribution in [-0.4, -0.2) is 24.2 Å². The SMILES string of the molecule is COc1ccc(Br)cc1CN(C)Cc1c(O)ccc2ccccc12. The maximum Gasteiger partial charge on any atom is 0.123 e. The van der Waals surface area contributed by atoms with Crippen molar-refractivity contribution in [3.05, 3.63) is 70.2 Å². The molecule has 3 aromatic carbocycles. The van der Waals surface area contributed by atoms with Crippen LogP contribution < -0.4 is 4.74 Å². The number of ether oxygens (including phenoxy) is 1. The molecule has 0 bridgehead atoms. The van der Waals surface area contributed by atoms with Crippen LogP contribution in [0.3, 0.4) is 0 Å². The normalized spacial score (nSPS) is 11.2. The van der Waals surface area contributed by atoms with E-state index in [0.717, 1.165) is 38.7 Å². The van der Waals surface area contributed by atoms with E-state index >= 15 is 0 Å². The molecule has 0 unspecified atom stereocenters. The van der Waals surface area contributed by atoms with Gasteiger partial charge in [-0.1, -0.05) is 46.3 Å². The molecule has 0 radical (unpaired) electrons. The zero-order chi connectivity index (χ0) is 17.1. The van der Waals surface area contributed by atoms with Gasteiger partial charge in [-0.25, -0.2) is 0 Å². The van der Waals surface area contributed by atoms with Crippen LogP contribution in [0.25, 0.3) is 10.8 Å². The lowest BCUT2D eigenvalue weighted by atomic mass is 10.0. The number of nitrogens with zero attached hydrogens (tertiary/aromatic N) is 1. The summed E-state index contributed by atoms with van der Waals surface area (Å²) in [5.41, 5.74) is 2.05. The average Bonchev–Trinajstić information content (AvgIpc) is 2.58. The number of phenols is 1. The lowest BCUT2D eigenvalue weighted by Crippen LogP contribution is -2.18. The van der Waals surface area contributed by atoms with Gasteiger partial charge < -0.3 is 9.84 Å². The Morgan fingerprint density at radius 3 is 2.62 bits per heavy atom. The number of phenolic OH excluding ortho intramolecular Hbond substituents is 1. The molecule has 0 aliphatic heterocycles. The Hall–Kier alpha value is -2.04. The van der Waals surface area contributed by atoms with Gasteiger partial charge in [0.25, 0.3) is 0 Å². The van der Waals surface area contributed by atoms with Gasteiger partial charge in [0.2, 0.25) is 0 Å². The first-order chi connectivity index (χ1) is 11.6. The van der Waals surface area contributed by atoms with E-state index < -0.39 is 0 Å². The largest absolute Gasteiger partial charge is 0.508 e. The minimum atomic E-state index is 0.335. The van der Waals surface area contributed by atoms with Crippen LogP contribution in [0.1, 0.15) is 11.1 Å². The Kier molecular flexibility index (Phi) is 5.07. The van der Waals surface area contributed by atoms with Gasteiger partial charge >= 0.3 is 0 Å². The Morgan fingerprint density at radius 2 is 1.83 bits per heavy atom. The summed E-state index contributed by atoms with van der Waals surface area (Å²) in [6, 6.07) is 17.9. The second-order valence-corrected chi connectivity index (χ2v) is 6.83. The molecular weight excluding hydrogens is 366 g/mol. The first-order valence-electron chi connectivity index (χ1n) is 7.79. The molecule has 0 aliphatic carbocycles. The van der Waals surface area contributed by atoms with Crippen molar-refractivity contribution in [2.75, 3.05) is 14.2 Å². The minimum absolute atomic E-state index is 0.335. The van der Waals surface area contributed by atoms with Crippen LogP contribution in [0.15, 0.2) is 59.1 Å². The van der Waals surface area contributed by atoms with Crippen LogP contribution in [0.2, 0.25) is 0 Å². The summed E-state index contributed by atoms with van der Waals surface area (Å²) in [6.45, 7) is 1.38. The third-order valence-electron chi connectivity index (χ3n) is 4.13. The summed E-state index contributed by atoms with van der Waals surface area (Å²) >= 11 is 3.51. The maximum atomic E-state index is 10.3. The number of benzene rings is 3. The van der Waals surface area contributed by atoms with Gasteiger partial charge in [0.1, 0.15) is 11.5 Å². The summed E-state index contributed by atoms with van der Waals surface area (Å²) in [6.07, 6.45) is 0. The first kappa shape index (κ1) is 16.8. The van der Waals surface area contributed by atoms with Crippen molar-refractivity contribution < 1.29 is 9.84 Å². The van der Waals surface area contributed by atoms with E-state index in [2.05, 4.69) is 39.0 Å². The van der Waals surface area contributed by atoms with Crippen molar-refractivity contribution in [2.24, 2.45) is 0 Å². The van der Waals surface area contributed by atoms with Gasteiger partial charge in [-0.15, -0.1) is 0 Å². The highest BCUT2D eigenvalue weighted by Crippen LogP contribution is 2.29. The zero-order valence-corrected chi connectivity index (χ0v) is 15.4. The number of hydrogen-bond acceptors (Lipinski definition) is 3. The molecule has 124 valence electrons. The third-order valence-corrected chi connectivity index (χ3v) is 4.62. The molecule has 0 heterocycles. The second kappa shape index (κ2) is 7.24. The number of fused-ring (bicyclic) bond motifs is 1. The lowest BCUT2D eigenvalue weighted by molar-refractivity contribution is 0.306. The fourth-order valence-corrected chi connectivity index (χ4v) is 3.39. The highest BCUT2D eigenvalue weighted by molar-refractivity contribution is 9.10. The second-order valence-electron chi connectivity index (χ2n) is 5.91. The van der Waals surface area contributed by atoms with Crippen molar-refractivity contribution >= 4 is 26.7 Å². The van der Waals surface area contributed by atoms with Gasteiger partial charge in [-0.3, -0.25) is 4.90 Å². The van der Waals surface area contributed by atoms with E-state index in [0.29, 0.717) is 12.3 Å². The third kappa shape index (κ3) is 3.55. The molecule has 3 rings (SSSR count). The molecule has 0 atom stereocenters. The van der Waals surface area contributed by atoms with Gasteiger partial charge in [-0.05, 0) is 42.1 Å². The number of rotatable bonds is 5. The zero-order valence-electron chi connectivity index (χ0n) is 13.8. The van der Waals surface area contributed by atoms with Crippen molar-refractivity contribution in [2.45, 2.75) is 13.1 Å². The smallest absolute Gasteiger partial charge is 0.123 e. The van der Waals surface area contributed by atoms with E-state index in [-0.39, 0.29) is 0 Å². The van der Waals surface area contributed by atoms with Crippen molar-refractivity contribution in [1.29, 1.82) is 0 Å². The minimum Gasteiger partial charge on any atom is -0.508 e. The van der Waals surface area contributed by atoms with E-state index in [9.17, 15) is 5.11 Å². The van der Waals surface area contributed by atoms with Crippen LogP contribution >= 0.6 is 15.9 Å². The highest BCUT2D eigenvalue weighted by Gasteiger charge is 2.12. The van der Waals surface area contributed by atoms with Gasteiger partial charge in [0.05, 0.1) is 7.11 Å². The first-order valence-corrected chi connectivity index (χ1v) is 8.58. The highest BCUT2D eigenvalue weighted by atomic mass is 79.9. The van der Waals surface area contributed by atoms with Crippen LogP contribution in [-0.2, 0) is 13.1 Å². The number of hydrogen-bond donors (Lipinski definition) is 1. The topological polar surface area (TPSA) is 32.7 Å². The van der Waals surface area contributed by atoms with Crippen LogP contribution in [0.5, 0.6) is 11.5 Å². The fourth-order valence-electron chi connectivity index (χ4n) is 2.98. The molecule has 0 fully saturated rings. The Bertz CT molecular complexity index is 863. The van der Waals surface area contributed by atoms with Crippen LogP contribution in [0.4, 0.5) is 0 Å². The van der Waals surface area contributed by atoms with E-state index in [1.807, 2.05) is 37.4 Å². The Morgan fingerprint density at radius 1 is 1.04 bits per heavy atom. The molecule has 0 aliphatic rings. The molecule has 24 heavy (non-hydrogen) atoms. The number of aromatic hydroxyl groups is 1. The van der Waals surface area contributed by atoms with E-state index in [1.54, 1.807) is 13.2 Å². The molecule has 0 saturated carbocycles. The van der Waals surface area contributed by atoms with E-state index in [1.165, 1.54) is 0 Å². The van der Waals surface area contributed by atoms with Gasteiger partial charge in [0, 0.05) is 28.7 Å². The maximum absolute atomic E-state index is 10.3. The Balaban J connectivity index is 1.87. The molecular formula is C20H20BrNO2. The van der Waals surface area contributed by atoms with Gasteiger partial charge in [-0.2, -0.15) is 0 Å². The average molecular weight is 386 g/mol. The standard InChI is InChI=1S/C20H20BrNO2/c1-22(12-15-11-16(21)8-10-20(15)24-2)13-18-17-6-4-3-5-14(17)7-9-19(18)23/h3-11,23H,12-13H2,1-2H3. The molecule has 3 nitrogen and oxygen atoms in total. The quantitative estimate of drug-likeness (QED) is 0.674. The molecule has 4 heteroatoms. The van der Waals surface area contributed by atoms with Crippen molar-refractivity contribution in [3.8, 4) is 11.5 Å². The predicted molar refractivity (Wildman–Crippen MR) is 101 cm³/mol. The molecule has 0 aromatic heterocycles. The molecule has 0 amide bonds. The van der Waals surface area contributed by atoms with Crippen molar-refractivity contribution in [3.63, 3.8) is 0 Å². The van der Waals surface area contributed by atoms with E-state index in [4.69, 9.17) is 4.74 Å². The Labute approximate surface area is 150 Å². The summed E-state index contributed by atoms with van der Waals surface area (Å²) in [5, 5.41) is 12.5. The summed E-state index contributed by atoms with van der Waals surface area (Å²) in [4.78, 5) is 2.17. The summed E-state index contributed by atoms with van der Waals surface area (Å²) in [7, 11) is 3.73. The lowest BCUT2D eigenvalue weighted by Gasteiger charge is -2.20. The molecule has 0 spiro atoms. The molecule has 3 aromatic rings. The number of methoxy groups -OCH3 is 1. The molecule has 0 saturated heterocycles. The summed E-state index contributed by atoms with van der Waals surface area (Å²) in [5.74, 6) is 1.20. The van der Waals surface area contributed by atoms with Crippen LogP contribution in [0, 0.1) is 0 Å². The predicted octanol–water partition coefficient (Wildman–Crippen LogP) is 4.95.